The van der Waals surface area contributed by atoms with Gasteiger partial charge in [-0.2, -0.15) is 0 Å². The molecule has 1 rings (SSSR count). The van der Waals surface area contributed by atoms with Gasteiger partial charge in [-0.05, 0) is 23.3 Å². The summed E-state index contributed by atoms with van der Waals surface area (Å²) in [5.41, 5.74) is 2.07. The van der Waals surface area contributed by atoms with Crippen LogP contribution in [0.4, 0.5) is 0 Å². The molecule has 0 aliphatic carbocycles. The summed E-state index contributed by atoms with van der Waals surface area (Å²) in [5.74, 6) is 0. The molecule has 0 aliphatic rings. The number of hydrogen-bond acceptors (Lipinski definition) is 1. The fourth-order valence-corrected chi connectivity index (χ4v) is 0.940. The van der Waals surface area contributed by atoms with E-state index in [1.165, 1.54) is 6.08 Å². The summed E-state index contributed by atoms with van der Waals surface area (Å²) in [6.45, 7) is 3.66. The molecular weight excluding hydrogens is 148 g/mol. The lowest BCUT2D eigenvalue weighted by Gasteiger charge is -1.94. The average molecular weight is 158 g/mol. The molecular formula is C11H10O. The quantitative estimate of drug-likeness (QED) is 0.488. The van der Waals surface area contributed by atoms with Crippen LogP contribution < -0.4 is 0 Å². The molecule has 1 aromatic carbocycles. The maximum absolute atomic E-state index is 10.0. The molecule has 60 valence electrons. The summed E-state index contributed by atoms with van der Waals surface area (Å²) in [7, 11) is 0. The maximum atomic E-state index is 10.0. The molecule has 1 aromatic rings. The fraction of sp³-hybridized carbons (Fsp3) is 0. The summed E-state index contributed by atoms with van der Waals surface area (Å²) in [6.07, 6.45) is 5.78. The molecule has 1 nitrogen and oxygen atoms in total. The van der Waals surface area contributed by atoms with Crippen LogP contribution in [0, 0.1) is 0 Å². The number of allylic oxidation sites excluding steroid dienone is 1. The molecule has 0 atom stereocenters. The van der Waals surface area contributed by atoms with Crippen molar-refractivity contribution in [2.45, 2.75) is 0 Å². The third kappa shape index (κ3) is 2.20. The Bertz CT molecular complexity index is 311. The van der Waals surface area contributed by atoms with Crippen molar-refractivity contribution in [2.24, 2.45) is 0 Å². The van der Waals surface area contributed by atoms with Crippen molar-refractivity contribution >= 4 is 18.4 Å². The van der Waals surface area contributed by atoms with Gasteiger partial charge in [0, 0.05) is 0 Å². The first kappa shape index (κ1) is 8.47. The minimum absolute atomic E-state index is 0.764. The summed E-state index contributed by atoms with van der Waals surface area (Å²) in [6, 6.07) is 7.80. The molecule has 12 heavy (non-hydrogen) atoms. The molecule has 0 amide bonds. The number of aldehydes is 1. The van der Waals surface area contributed by atoms with Gasteiger partial charge in [0.2, 0.25) is 0 Å². The predicted octanol–water partition coefficient (Wildman–Crippen LogP) is 2.54. The van der Waals surface area contributed by atoms with Crippen molar-refractivity contribution in [1.82, 2.24) is 0 Å². The largest absolute Gasteiger partial charge is 0.299 e. The van der Waals surface area contributed by atoms with E-state index in [1.54, 1.807) is 12.2 Å². The van der Waals surface area contributed by atoms with E-state index in [0.717, 1.165) is 17.4 Å². The Hall–Kier alpha value is -1.63. The highest BCUT2D eigenvalue weighted by atomic mass is 16.1. The van der Waals surface area contributed by atoms with Gasteiger partial charge in [-0.15, -0.1) is 0 Å². The van der Waals surface area contributed by atoms with Crippen molar-refractivity contribution in [3.05, 3.63) is 48.0 Å². The van der Waals surface area contributed by atoms with Crippen LogP contribution in [0.15, 0.2) is 36.9 Å². The monoisotopic (exact) mass is 158 g/mol. The molecule has 1 heteroatoms. The molecule has 0 aromatic heterocycles. The first-order valence-corrected chi connectivity index (χ1v) is 3.71. The van der Waals surface area contributed by atoms with E-state index in [2.05, 4.69) is 6.58 Å². The second kappa shape index (κ2) is 4.29. The van der Waals surface area contributed by atoms with Crippen LogP contribution in [0.3, 0.4) is 0 Å². The van der Waals surface area contributed by atoms with Gasteiger partial charge in [-0.1, -0.05) is 36.9 Å². The van der Waals surface area contributed by atoms with Crippen molar-refractivity contribution in [2.75, 3.05) is 0 Å². The summed E-state index contributed by atoms with van der Waals surface area (Å²) in [5, 5.41) is 0. The van der Waals surface area contributed by atoms with Gasteiger partial charge in [0.1, 0.15) is 6.29 Å². The fourth-order valence-electron chi connectivity index (χ4n) is 0.940. The molecule has 0 saturated carbocycles. The van der Waals surface area contributed by atoms with E-state index in [0.29, 0.717) is 0 Å². The lowest BCUT2D eigenvalue weighted by Crippen LogP contribution is -1.74. The highest BCUT2D eigenvalue weighted by Crippen LogP contribution is 2.07. The zero-order chi connectivity index (χ0) is 8.81. The van der Waals surface area contributed by atoms with Gasteiger partial charge in [-0.25, -0.2) is 0 Å². The minimum Gasteiger partial charge on any atom is -0.299 e. The lowest BCUT2D eigenvalue weighted by atomic mass is 10.1. The van der Waals surface area contributed by atoms with Crippen LogP contribution in [-0.4, -0.2) is 6.29 Å². The lowest BCUT2D eigenvalue weighted by molar-refractivity contribution is -0.104. The van der Waals surface area contributed by atoms with Crippen molar-refractivity contribution in [3.8, 4) is 0 Å². The highest BCUT2D eigenvalue weighted by molar-refractivity contribution is 5.74. The van der Waals surface area contributed by atoms with E-state index in [9.17, 15) is 4.79 Å². The van der Waals surface area contributed by atoms with Crippen molar-refractivity contribution in [3.63, 3.8) is 0 Å². The number of benzene rings is 1. The standard InChI is InChI=1S/C11H10O/c1-2-10-5-3-6-11(9-10)7-4-8-12/h2-9H,1H2. The van der Waals surface area contributed by atoms with Gasteiger partial charge >= 0.3 is 0 Å². The molecule has 0 saturated heterocycles. The highest BCUT2D eigenvalue weighted by Gasteiger charge is 1.86. The third-order valence-corrected chi connectivity index (χ3v) is 1.51. The van der Waals surface area contributed by atoms with Gasteiger partial charge in [0.05, 0.1) is 0 Å². The maximum Gasteiger partial charge on any atom is 0.142 e. The zero-order valence-corrected chi connectivity index (χ0v) is 6.73. The minimum atomic E-state index is 0.764. The molecule has 0 aliphatic heterocycles. The van der Waals surface area contributed by atoms with Crippen LogP contribution in [0.25, 0.3) is 12.2 Å². The number of carbonyl (C=O) groups excluding carboxylic acids is 1. The molecule has 0 bridgehead atoms. The van der Waals surface area contributed by atoms with E-state index >= 15 is 0 Å². The van der Waals surface area contributed by atoms with Crippen LogP contribution in [0.1, 0.15) is 11.1 Å². The molecule has 0 N–H and O–H groups in total. The first-order chi connectivity index (χ1) is 5.86. The van der Waals surface area contributed by atoms with Crippen molar-refractivity contribution < 1.29 is 4.79 Å². The Morgan fingerprint density at radius 2 is 2.00 bits per heavy atom. The third-order valence-electron chi connectivity index (χ3n) is 1.51. The van der Waals surface area contributed by atoms with Gasteiger partial charge in [0.25, 0.3) is 0 Å². The second-order valence-electron chi connectivity index (χ2n) is 2.37. The second-order valence-corrected chi connectivity index (χ2v) is 2.37. The van der Waals surface area contributed by atoms with Crippen molar-refractivity contribution in [1.29, 1.82) is 0 Å². The molecule has 0 unspecified atom stereocenters. The SMILES string of the molecule is C=Cc1cccc(C=CC=O)c1. The summed E-state index contributed by atoms with van der Waals surface area (Å²) in [4.78, 5) is 10.0. The van der Waals surface area contributed by atoms with Crippen LogP contribution in [0.2, 0.25) is 0 Å². The Labute approximate surface area is 72.0 Å². The summed E-state index contributed by atoms with van der Waals surface area (Å²) >= 11 is 0. The van der Waals surface area contributed by atoms with Crippen LogP contribution in [0.5, 0.6) is 0 Å². The Kier molecular flexibility index (Phi) is 3.03. The topological polar surface area (TPSA) is 17.1 Å². The number of hydrogen-bond donors (Lipinski definition) is 0. The zero-order valence-electron chi connectivity index (χ0n) is 6.73. The molecule has 0 spiro atoms. The smallest absolute Gasteiger partial charge is 0.142 e. The number of carbonyl (C=O) groups is 1. The van der Waals surface area contributed by atoms with E-state index < -0.39 is 0 Å². The van der Waals surface area contributed by atoms with E-state index in [-0.39, 0.29) is 0 Å². The Balaban J connectivity index is 2.93. The first-order valence-electron chi connectivity index (χ1n) is 3.71. The van der Waals surface area contributed by atoms with Crippen LogP contribution in [-0.2, 0) is 4.79 Å². The van der Waals surface area contributed by atoms with Crippen LogP contribution >= 0.6 is 0 Å². The van der Waals surface area contributed by atoms with Gasteiger partial charge < -0.3 is 0 Å². The molecule has 0 fully saturated rings. The predicted molar refractivity (Wildman–Crippen MR) is 51.6 cm³/mol. The Morgan fingerprint density at radius 3 is 2.67 bits per heavy atom. The average Bonchev–Trinajstić information content (AvgIpc) is 2.15. The number of rotatable bonds is 3. The van der Waals surface area contributed by atoms with E-state index in [1.807, 2.05) is 24.3 Å². The van der Waals surface area contributed by atoms with Gasteiger partial charge in [-0.3, -0.25) is 4.79 Å². The van der Waals surface area contributed by atoms with E-state index in [4.69, 9.17) is 0 Å². The molecule has 0 radical (unpaired) electrons. The Morgan fingerprint density at radius 1 is 1.25 bits per heavy atom. The molecule has 0 heterocycles. The summed E-state index contributed by atoms with van der Waals surface area (Å²) < 4.78 is 0. The van der Waals surface area contributed by atoms with Gasteiger partial charge in [0.15, 0.2) is 0 Å². The normalized spacial score (nSPS) is 10.0.